The zero-order valence-corrected chi connectivity index (χ0v) is 8.24. The summed E-state index contributed by atoms with van der Waals surface area (Å²) in [6, 6.07) is 10.6. The van der Waals surface area contributed by atoms with Gasteiger partial charge in [0, 0.05) is 30.1 Å². The maximum atomic E-state index is 11.5. The Balaban J connectivity index is 2.47. The molecular formula is C11H8N2O3. The molecule has 0 amide bonds. The third kappa shape index (κ3) is 1.83. The molecule has 0 radical (unpaired) electrons. The molecule has 0 unspecified atom stereocenters. The summed E-state index contributed by atoms with van der Waals surface area (Å²) in [4.78, 5) is 21.4. The Bertz CT molecular complexity index is 572. The molecule has 5 nitrogen and oxygen atoms in total. The van der Waals surface area contributed by atoms with Crippen molar-refractivity contribution in [2.45, 2.75) is 0 Å². The van der Waals surface area contributed by atoms with Gasteiger partial charge in [0.05, 0.1) is 4.92 Å². The Hall–Kier alpha value is -2.43. The van der Waals surface area contributed by atoms with E-state index in [2.05, 4.69) is 0 Å². The van der Waals surface area contributed by atoms with E-state index in [0.717, 1.165) is 0 Å². The predicted octanol–water partition coefficient (Wildman–Crippen LogP) is 1.75. The third-order valence-corrected chi connectivity index (χ3v) is 2.16. The van der Waals surface area contributed by atoms with Crippen LogP contribution < -0.4 is 5.56 Å². The van der Waals surface area contributed by atoms with Crippen LogP contribution in [0.25, 0.3) is 5.69 Å². The van der Waals surface area contributed by atoms with Crippen LogP contribution in [0.3, 0.4) is 0 Å². The molecule has 0 aliphatic rings. The van der Waals surface area contributed by atoms with Gasteiger partial charge >= 0.3 is 0 Å². The molecular weight excluding hydrogens is 208 g/mol. The van der Waals surface area contributed by atoms with Crippen LogP contribution in [-0.4, -0.2) is 9.49 Å². The summed E-state index contributed by atoms with van der Waals surface area (Å²) in [5.74, 6) is 0. The molecule has 0 aliphatic carbocycles. The van der Waals surface area contributed by atoms with E-state index in [-0.39, 0.29) is 11.2 Å². The molecule has 5 heteroatoms. The first kappa shape index (κ1) is 10.1. The first-order valence-electron chi connectivity index (χ1n) is 4.61. The van der Waals surface area contributed by atoms with Crippen LogP contribution in [0, 0.1) is 10.1 Å². The largest absolute Gasteiger partial charge is 0.284 e. The second-order valence-electron chi connectivity index (χ2n) is 3.18. The Morgan fingerprint density at radius 3 is 2.31 bits per heavy atom. The van der Waals surface area contributed by atoms with Crippen molar-refractivity contribution in [1.82, 2.24) is 4.57 Å². The van der Waals surface area contributed by atoms with Crippen molar-refractivity contribution in [1.29, 1.82) is 0 Å². The third-order valence-electron chi connectivity index (χ3n) is 2.16. The van der Waals surface area contributed by atoms with E-state index in [0.29, 0.717) is 5.69 Å². The molecule has 0 N–H and O–H groups in total. The lowest BCUT2D eigenvalue weighted by Crippen LogP contribution is -2.15. The smallest absolute Gasteiger partial charge is 0.269 e. The van der Waals surface area contributed by atoms with Crippen LogP contribution in [0.1, 0.15) is 0 Å². The number of aromatic nitrogens is 1. The highest BCUT2D eigenvalue weighted by molar-refractivity contribution is 5.40. The Morgan fingerprint density at radius 1 is 1.06 bits per heavy atom. The highest BCUT2D eigenvalue weighted by Gasteiger charge is 2.04. The lowest BCUT2D eigenvalue weighted by Gasteiger charge is -2.03. The van der Waals surface area contributed by atoms with Gasteiger partial charge in [-0.25, -0.2) is 0 Å². The molecule has 1 heterocycles. The van der Waals surface area contributed by atoms with E-state index in [1.807, 2.05) is 0 Å². The lowest BCUT2D eigenvalue weighted by atomic mass is 10.3. The zero-order valence-electron chi connectivity index (χ0n) is 8.24. The van der Waals surface area contributed by atoms with Gasteiger partial charge in [0.15, 0.2) is 0 Å². The van der Waals surface area contributed by atoms with Crippen LogP contribution in [0.15, 0.2) is 53.5 Å². The normalized spacial score (nSPS) is 10.0. The minimum absolute atomic E-state index is 0.00716. The van der Waals surface area contributed by atoms with Crippen molar-refractivity contribution >= 4 is 5.69 Å². The van der Waals surface area contributed by atoms with Gasteiger partial charge < -0.3 is 0 Å². The van der Waals surface area contributed by atoms with Crippen molar-refractivity contribution in [3.63, 3.8) is 0 Å². The molecule has 0 spiro atoms. The van der Waals surface area contributed by atoms with Crippen molar-refractivity contribution in [3.05, 3.63) is 69.1 Å². The summed E-state index contributed by atoms with van der Waals surface area (Å²) in [5.41, 5.74) is 0.445. The molecule has 80 valence electrons. The number of hydrogen-bond acceptors (Lipinski definition) is 3. The molecule has 0 fully saturated rings. The standard InChI is InChI=1S/C11H8N2O3/c14-11-3-1-2-8-12(11)9-4-6-10(7-5-9)13(15)16/h1-8H. The molecule has 0 saturated carbocycles. The second-order valence-corrected chi connectivity index (χ2v) is 3.18. The minimum atomic E-state index is -0.475. The fourth-order valence-electron chi connectivity index (χ4n) is 1.38. The number of non-ortho nitro benzene ring substituents is 1. The Morgan fingerprint density at radius 2 is 1.75 bits per heavy atom. The number of nitro groups is 1. The molecule has 16 heavy (non-hydrogen) atoms. The highest BCUT2D eigenvalue weighted by atomic mass is 16.6. The van der Waals surface area contributed by atoms with Gasteiger partial charge in [-0.1, -0.05) is 6.07 Å². The van der Waals surface area contributed by atoms with Crippen molar-refractivity contribution < 1.29 is 4.92 Å². The Kier molecular flexibility index (Phi) is 2.51. The van der Waals surface area contributed by atoms with E-state index in [1.54, 1.807) is 30.5 Å². The van der Waals surface area contributed by atoms with Crippen molar-refractivity contribution in [2.75, 3.05) is 0 Å². The zero-order chi connectivity index (χ0) is 11.5. The fourth-order valence-corrected chi connectivity index (χ4v) is 1.38. The maximum absolute atomic E-state index is 11.5. The first-order chi connectivity index (χ1) is 7.68. The summed E-state index contributed by atoms with van der Waals surface area (Å²) < 4.78 is 1.42. The van der Waals surface area contributed by atoms with E-state index in [4.69, 9.17) is 0 Å². The number of pyridine rings is 1. The lowest BCUT2D eigenvalue weighted by molar-refractivity contribution is -0.384. The predicted molar refractivity (Wildman–Crippen MR) is 58.7 cm³/mol. The number of rotatable bonds is 2. The van der Waals surface area contributed by atoms with Gasteiger partial charge in [0.25, 0.3) is 11.2 Å². The molecule has 2 rings (SSSR count). The summed E-state index contributed by atoms with van der Waals surface area (Å²) in [6.07, 6.45) is 1.61. The number of nitrogens with zero attached hydrogens (tertiary/aromatic N) is 2. The van der Waals surface area contributed by atoms with Crippen LogP contribution in [0.4, 0.5) is 5.69 Å². The first-order valence-corrected chi connectivity index (χ1v) is 4.61. The molecule has 1 aromatic heterocycles. The molecule has 1 aromatic carbocycles. The Labute approximate surface area is 90.7 Å². The van der Waals surface area contributed by atoms with Gasteiger partial charge in [-0.15, -0.1) is 0 Å². The van der Waals surface area contributed by atoms with Crippen molar-refractivity contribution in [2.24, 2.45) is 0 Å². The summed E-state index contributed by atoms with van der Waals surface area (Å²) in [7, 11) is 0. The van der Waals surface area contributed by atoms with Gasteiger partial charge in [-0.05, 0) is 18.2 Å². The molecule has 2 aromatic rings. The van der Waals surface area contributed by atoms with Crippen LogP contribution in [-0.2, 0) is 0 Å². The van der Waals surface area contributed by atoms with Crippen LogP contribution in [0.2, 0.25) is 0 Å². The quantitative estimate of drug-likeness (QED) is 0.567. The van der Waals surface area contributed by atoms with E-state index in [1.165, 1.54) is 22.8 Å². The number of nitro benzene ring substituents is 1. The SMILES string of the molecule is O=c1ccccn1-c1ccc([N+](=O)[O-])cc1. The average molecular weight is 216 g/mol. The summed E-state index contributed by atoms with van der Waals surface area (Å²) in [5, 5.41) is 10.5. The topological polar surface area (TPSA) is 65.1 Å². The molecule has 0 bridgehead atoms. The highest BCUT2D eigenvalue weighted by Crippen LogP contribution is 2.13. The maximum Gasteiger partial charge on any atom is 0.269 e. The molecule has 0 saturated heterocycles. The molecule has 0 aliphatic heterocycles. The van der Waals surface area contributed by atoms with E-state index in [9.17, 15) is 14.9 Å². The van der Waals surface area contributed by atoms with Gasteiger partial charge in [-0.3, -0.25) is 19.5 Å². The number of benzene rings is 1. The molecule has 0 atom stereocenters. The minimum Gasteiger partial charge on any atom is -0.284 e. The fraction of sp³-hybridized carbons (Fsp3) is 0. The van der Waals surface area contributed by atoms with Crippen molar-refractivity contribution in [3.8, 4) is 5.69 Å². The second kappa shape index (κ2) is 3.98. The number of hydrogen-bond donors (Lipinski definition) is 0. The summed E-state index contributed by atoms with van der Waals surface area (Å²) >= 11 is 0. The van der Waals surface area contributed by atoms with Gasteiger partial charge in [0.2, 0.25) is 0 Å². The van der Waals surface area contributed by atoms with Gasteiger partial charge in [-0.2, -0.15) is 0 Å². The van der Waals surface area contributed by atoms with E-state index >= 15 is 0 Å². The monoisotopic (exact) mass is 216 g/mol. The summed E-state index contributed by atoms with van der Waals surface area (Å²) in [6.45, 7) is 0. The van der Waals surface area contributed by atoms with Gasteiger partial charge in [0.1, 0.15) is 0 Å². The van der Waals surface area contributed by atoms with Crippen LogP contribution >= 0.6 is 0 Å². The van der Waals surface area contributed by atoms with E-state index < -0.39 is 4.92 Å². The average Bonchev–Trinajstić information content (AvgIpc) is 2.30. The van der Waals surface area contributed by atoms with Crippen LogP contribution in [0.5, 0.6) is 0 Å².